The van der Waals surface area contributed by atoms with Gasteiger partial charge in [-0.25, -0.2) is 4.79 Å². The lowest BCUT2D eigenvalue weighted by atomic mass is 9.89. The smallest absolute Gasteiger partial charge is 0.328 e. The minimum atomic E-state index is -1.25. The summed E-state index contributed by atoms with van der Waals surface area (Å²) in [6.07, 6.45) is 0.381. The molecule has 118 valence electrons. The van der Waals surface area contributed by atoms with Crippen LogP contribution in [0.3, 0.4) is 0 Å². The van der Waals surface area contributed by atoms with E-state index in [1.54, 1.807) is 38.1 Å². The molecule has 6 N–H and O–H groups in total. The molecule has 0 aromatic heterocycles. The third kappa shape index (κ3) is 5.71. The van der Waals surface area contributed by atoms with E-state index in [9.17, 15) is 9.59 Å². The fourth-order valence-electron chi connectivity index (χ4n) is 1.41. The number of carbonyl (C=O) groups is 2. The molecule has 1 aromatic carbocycles. The van der Waals surface area contributed by atoms with Crippen molar-refractivity contribution in [3.8, 4) is 0 Å². The summed E-state index contributed by atoms with van der Waals surface area (Å²) in [7, 11) is 0. The molecule has 0 fully saturated rings. The van der Waals surface area contributed by atoms with Crippen molar-refractivity contribution in [3.05, 3.63) is 35.9 Å². The van der Waals surface area contributed by atoms with Crippen LogP contribution in [0.2, 0.25) is 0 Å². The van der Waals surface area contributed by atoms with Gasteiger partial charge in [0.2, 0.25) is 0 Å². The molecule has 0 spiro atoms. The van der Waals surface area contributed by atoms with Crippen molar-refractivity contribution in [3.63, 3.8) is 0 Å². The summed E-state index contributed by atoms with van der Waals surface area (Å²) in [5.41, 5.74) is 10.2. The number of nitrogens with two attached hydrogens (primary N) is 2. The third-order valence-corrected chi connectivity index (χ3v) is 3.28. The van der Waals surface area contributed by atoms with Crippen LogP contribution in [0.15, 0.2) is 30.3 Å². The van der Waals surface area contributed by atoms with Gasteiger partial charge < -0.3 is 21.7 Å². The van der Waals surface area contributed by atoms with Gasteiger partial charge in [-0.15, -0.1) is 11.6 Å². The molecule has 0 bridgehead atoms. The molecule has 0 radical (unpaired) electrons. The maximum Gasteiger partial charge on any atom is 0.328 e. The van der Waals surface area contributed by atoms with Crippen LogP contribution in [0.4, 0.5) is 0 Å². The molecule has 1 aromatic rings. The Balaban J connectivity index is 0.000000433. The first-order valence-corrected chi connectivity index (χ1v) is 6.80. The largest absolute Gasteiger partial charge is 0.480 e. The van der Waals surface area contributed by atoms with Gasteiger partial charge in [0.1, 0.15) is 11.6 Å². The minimum Gasteiger partial charge on any atom is -0.480 e. The van der Waals surface area contributed by atoms with Crippen molar-refractivity contribution in [2.45, 2.75) is 37.2 Å². The molecule has 0 amide bonds. The molecule has 2 unspecified atom stereocenters. The summed E-state index contributed by atoms with van der Waals surface area (Å²) in [5.74, 6) is -2.05. The van der Waals surface area contributed by atoms with Crippen LogP contribution >= 0.6 is 11.6 Å². The summed E-state index contributed by atoms with van der Waals surface area (Å²) < 4.78 is 0. The van der Waals surface area contributed by atoms with E-state index in [4.69, 9.17) is 33.3 Å². The fraction of sp³-hybridized carbons (Fsp3) is 0.429. The first kappa shape index (κ1) is 19.4. The number of benzene rings is 1. The maximum absolute atomic E-state index is 10.9. The lowest BCUT2D eigenvalue weighted by Gasteiger charge is -2.23. The molecular formula is C14H21ClN2O4. The van der Waals surface area contributed by atoms with Crippen LogP contribution in [0.5, 0.6) is 0 Å². The SMILES string of the molecule is CC(Cl)C(N)C(=O)O.CC[C@@](N)(C(=O)O)c1ccccc1. The number of aliphatic carboxylic acids is 2. The Bertz CT molecular complexity index is 467. The van der Waals surface area contributed by atoms with Crippen LogP contribution < -0.4 is 11.5 Å². The van der Waals surface area contributed by atoms with E-state index in [1.165, 1.54) is 0 Å². The van der Waals surface area contributed by atoms with E-state index < -0.39 is 28.9 Å². The molecule has 3 atom stereocenters. The minimum absolute atomic E-state index is 0.381. The molecule has 0 aliphatic rings. The van der Waals surface area contributed by atoms with E-state index in [-0.39, 0.29) is 0 Å². The predicted octanol–water partition coefficient (Wildman–Crippen LogP) is 1.36. The first-order valence-electron chi connectivity index (χ1n) is 6.37. The zero-order valence-electron chi connectivity index (χ0n) is 12.0. The second kappa shape index (κ2) is 8.61. The van der Waals surface area contributed by atoms with Crippen molar-refractivity contribution in [1.29, 1.82) is 0 Å². The van der Waals surface area contributed by atoms with E-state index in [2.05, 4.69) is 0 Å². The number of rotatable bonds is 5. The summed E-state index contributed by atoms with van der Waals surface area (Å²) >= 11 is 5.32. The molecule has 7 heteroatoms. The number of halogens is 1. The van der Waals surface area contributed by atoms with Gasteiger partial charge in [-0.1, -0.05) is 37.3 Å². The highest BCUT2D eigenvalue weighted by atomic mass is 35.5. The lowest BCUT2D eigenvalue weighted by Crippen LogP contribution is -2.44. The molecule has 0 saturated heterocycles. The predicted molar refractivity (Wildman–Crippen MR) is 81.2 cm³/mol. The Morgan fingerprint density at radius 3 is 2.00 bits per heavy atom. The normalized spacial score (nSPS) is 15.9. The topological polar surface area (TPSA) is 127 Å². The quantitative estimate of drug-likeness (QED) is 0.607. The van der Waals surface area contributed by atoms with Crippen molar-refractivity contribution in [2.24, 2.45) is 11.5 Å². The van der Waals surface area contributed by atoms with Crippen molar-refractivity contribution in [2.75, 3.05) is 0 Å². The molecule has 21 heavy (non-hydrogen) atoms. The third-order valence-electron chi connectivity index (χ3n) is 3.01. The summed E-state index contributed by atoms with van der Waals surface area (Å²) in [4.78, 5) is 20.9. The molecule has 0 heterocycles. The average molecular weight is 317 g/mol. The van der Waals surface area contributed by atoms with Crippen LogP contribution in [-0.4, -0.2) is 33.6 Å². The van der Waals surface area contributed by atoms with Gasteiger partial charge in [0.25, 0.3) is 0 Å². The number of hydrogen-bond donors (Lipinski definition) is 4. The Hall–Kier alpha value is -1.63. The average Bonchev–Trinajstić information content (AvgIpc) is 2.46. The van der Waals surface area contributed by atoms with Crippen molar-refractivity contribution in [1.82, 2.24) is 0 Å². The first-order chi connectivity index (χ1) is 9.66. The summed E-state index contributed by atoms with van der Waals surface area (Å²) in [5, 5.41) is 16.6. The highest BCUT2D eigenvalue weighted by molar-refractivity contribution is 6.22. The van der Waals surface area contributed by atoms with Crippen LogP contribution in [0.25, 0.3) is 0 Å². The lowest BCUT2D eigenvalue weighted by molar-refractivity contribution is -0.144. The van der Waals surface area contributed by atoms with Gasteiger partial charge in [0.05, 0.1) is 5.38 Å². The summed E-state index contributed by atoms with van der Waals surface area (Å²) in [6.45, 7) is 3.31. The molecule has 6 nitrogen and oxygen atoms in total. The number of hydrogen-bond acceptors (Lipinski definition) is 4. The van der Waals surface area contributed by atoms with Gasteiger partial charge in [-0.05, 0) is 18.9 Å². The van der Waals surface area contributed by atoms with Gasteiger partial charge in [-0.2, -0.15) is 0 Å². The Kier molecular flexibility index (Phi) is 7.94. The zero-order valence-corrected chi connectivity index (χ0v) is 12.7. The van der Waals surface area contributed by atoms with Gasteiger partial charge in [-0.3, -0.25) is 4.79 Å². The Morgan fingerprint density at radius 2 is 1.76 bits per heavy atom. The van der Waals surface area contributed by atoms with Crippen LogP contribution in [0.1, 0.15) is 25.8 Å². The Morgan fingerprint density at radius 1 is 1.29 bits per heavy atom. The van der Waals surface area contributed by atoms with Crippen LogP contribution in [0, 0.1) is 0 Å². The van der Waals surface area contributed by atoms with Gasteiger partial charge >= 0.3 is 11.9 Å². The number of carboxylic acids is 2. The van der Waals surface area contributed by atoms with E-state index in [1.807, 2.05) is 6.07 Å². The molecule has 1 rings (SSSR count). The molecule has 0 aliphatic heterocycles. The standard InChI is InChI=1S/C10H13NO2.C4H8ClNO2/c1-2-10(11,9(12)13)8-6-4-3-5-7-8;1-2(5)3(6)4(7)8/h3-7H,2,11H2,1H3,(H,12,13);2-3H,6H2,1H3,(H,7,8)/t10-;/m0./s1. The van der Waals surface area contributed by atoms with Gasteiger partial charge in [0.15, 0.2) is 0 Å². The number of carboxylic acid groups (broad SMARTS) is 2. The van der Waals surface area contributed by atoms with Crippen molar-refractivity contribution < 1.29 is 19.8 Å². The van der Waals surface area contributed by atoms with E-state index in [0.717, 1.165) is 0 Å². The highest BCUT2D eigenvalue weighted by Crippen LogP contribution is 2.21. The Labute approximate surface area is 128 Å². The monoisotopic (exact) mass is 316 g/mol. The maximum atomic E-state index is 10.9. The van der Waals surface area contributed by atoms with Crippen molar-refractivity contribution >= 4 is 23.5 Å². The zero-order chi connectivity index (χ0) is 16.6. The van der Waals surface area contributed by atoms with E-state index in [0.29, 0.717) is 12.0 Å². The second-order valence-corrected chi connectivity index (χ2v) is 5.23. The number of alkyl halides is 1. The van der Waals surface area contributed by atoms with E-state index >= 15 is 0 Å². The highest BCUT2D eigenvalue weighted by Gasteiger charge is 2.33. The molecule has 0 saturated carbocycles. The second-order valence-electron chi connectivity index (χ2n) is 4.54. The fourth-order valence-corrected chi connectivity index (χ4v) is 1.52. The molecule has 0 aliphatic carbocycles. The van der Waals surface area contributed by atoms with Gasteiger partial charge in [0, 0.05) is 0 Å². The molecular weight excluding hydrogens is 296 g/mol. The van der Waals surface area contributed by atoms with Crippen LogP contribution in [-0.2, 0) is 15.1 Å². The summed E-state index contributed by atoms with van der Waals surface area (Å²) in [6, 6.07) is 7.93.